The lowest BCUT2D eigenvalue weighted by atomic mass is 10.1. The fourth-order valence-electron chi connectivity index (χ4n) is 2.09. The van der Waals surface area contributed by atoms with E-state index in [9.17, 15) is 0 Å². The molecule has 1 unspecified atom stereocenters. The van der Waals surface area contributed by atoms with Crippen LogP contribution in [0.15, 0.2) is 46.9 Å². The van der Waals surface area contributed by atoms with Gasteiger partial charge in [-0.05, 0) is 70.6 Å². The van der Waals surface area contributed by atoms with Gasteiger partial charge in [-0.1, -0.05) is 23.2 Å². The number of hydrogen-bond donors (Lipinski definition) is 1. The quantitative estimate of drug-likeness (QED) is 0.567. The van der Waals surface area contributed by atoms with Crippen LogP contribution in [0.2, 0.25) is 10.0 Å². The fraction of sp³-hybridized carbons (Fsp3) is 0.0667. The molecule has 0 aliphatic rings. The van der Waals surface area contributed by atoms with Crippen LogP contribution in [0.5, 0.6) is 0 Å². The predicted octanol–water partition coefficient (Wildman–Crippen LogP) is 5.39. The summed E-state index contributed by atoms with van der Waals surface area (Å²) in [6, 6.07) is 12.7. The molecule has 20 heavy (non-hydrogen) atoms. The van der Waals surface area contributed by atoms with Gasteiger partial charge in [0.1, 0.15) is 11.3 Å². The Kier molecular flexibility index (Phi) is 3.95. The molecule has 3 aromatic rings. The van der Waals surface area contributed by atoms with Gasteiger partial charge in [-0.3, -0.25) is 0 Å². The van der Waals surface area contributed by atoms with Crippen molar-refractivity contribution in [3.8, 4) is 0 Å². The van der Waals surface area contributed by atoms with Gasteiger partial charge in [0.2, 0.25) is 0 Å². The number of furan rings is 1. The number of fused-ring (bicyclic) bond motifs is 1. The molecule has 0 aliphatic heterocycles. The van der Waals surface area contributed by atoms with Crippen molar-refractivity contribution < 1.29 is 4.42 Å². The van der Waals surface area contributed by atoms with E-state index in [1.807, 2.05) is 36.4 Å². The van der Waals surface area contributed by atoms with Gasteiger partial charge >= 0.3 is 0 Å². The Labute approximate surface area is 140 Å². The van der Waals surface area contributed by atoms with Crippen molar-refractivity contribution in [3.63, 3.8) is 0 Å². The monoisotopic (exact) mass is 417 g/mol. The molecule has 0 spiro atoms. The summed E-state index contributed by atoms with van der Waals surface area (Å²) < 4.78 is 6.86. The van der Waals surface area contributed by atoms with Gasteiger partial charge in [0.15, 0.2) is 0 Å². The molecule has 2 nitrogen and oxygen atoms in total. The lowest BCUT2D eigenvalue weighted by molar-refractivity contribution is 0.524. The van der Waals surface area contributed by atoms with Crippen LogP contribution >= 0.6 is 45.8 Å². The van der Waals surface area contributed by atoms with Crippen molar-refractivity contribution in [2.45, 2.75) is 6.04 Å². The highest BCUT2D eigenvalue weighted by Gasteiger charge is 2.17. The summed E-state index contributed by atoms with van der Waals surface area (Å²) in [5.74, 6) is 0.697. The van der Waals surface area contributed by atoms with E-state index in [4.69, 9.17) is 33.4 Å². The Morgan fingerprint density at radius 2 is 1.70 bits per heavy atom. The summed E-state index contributed by atoms with van der Waals surface area (Å²) in [6.45, 7) is 0. The molecule has 0 radical (unpaired) electrons. The van der Waals surface area contributed by atoms with Crippen LogP contribution in [-0.2, 0) is 0 Å². The second kappa shape index (κ2) is 5.56. The first kappa shape index (κ1) is 14.2. The van der Waals surface area contributed by atoms with E-state index in [1.165, 1.54) is 0 Å². The van der Waals surface area contributed by atoms with E-state index in [0.29, 0.717) is 15.8 Å². The Morgan fingerprint density at radius 3 is 2.50 bits per heavy atom. The van der Waals surface area contributed by atoms with Gasteiger partial charge in [-0.2, -0.15) is 0 Å². The van der Waals surface area contributed by atoms with Crippen LogP contribution in [0, 0.1) is 3.57 Å². The van der Waals surface area contributed by atoms with Crippen LogP contribution in [0.3, 0.4) is 0 Å². The van der Waals surface area contributed by atoms with Gasteiger partial charge < -0.3 is 10.2 Å². The third-order valence-electron chi connectivity index (χ3n) is 3.10. The molecule has 0 amide bonds. The third kappa shape index (κ3) is 2.68. The van der Waals surface area contributed by atoms with Crippen LogP contribution in [0.4, 0.5) is 0 Å². The Hall–Kier alpha value is -0.750. The average molecular weight is 418 g/mol. The first-order chi connectivity index (χ1) is 9.54. The maximum atomic E-state index is 6.30. The summed E-state index contributed by atoms with van der Waals surface area (Å²) in [5.41, 5.74) is 8.02. The van der Waals surface area contributed by atoms with Gasteiger partial charge in [-0.25, -0.2) is 0 Å². The normalized spacial score (nSPS) is 12.8. The SMILES string of the molecule is NC(c1cc2cc(Cl)ccc2o1)c1cc(Cl)ccc1I. The summed E-state index contributed by atoms with van der Waals surface area (Å²) >= 11 is 14.3. The minimum Gasteiger partial charge on any atom is -0.459 e. The Balaban J connectivity index is 2.07. The molecule has 5 heteroatoms. The van der Waals surface area contributed by atoms with Gasteiger partial charge in [0, 0.05) is 19.0 Å². The molecule has 102 valence electrons. The zero-order chi connectivity index (χ0) is 14.3. The molecule has 2 N–H and O–H groups in total. The van der Waals surface area contributed by atoms with Crippen LogP contribution in [-0.4, -0.2) is 0 Å². The van der Waals surface area contributed by atoms with Crippen molar-refractivity contribution in [2.75, 3.05) is 0 Å². The zero-order valence-electron chi connectivity index (χ0n) is 10.2. The summed E-state index contributed by atoms with van der Waals surface area (Å²) in [7, 11) is 0. The maximum absolute atomic E-state index is 6.30. The van der Waals surface area contributed by atoms with Crippen molar-refractivity contribution in [3.05, 3.63) is 67.4 Å². The Bertz CT molecular complexity index is 785. The number of rotatable bonds is 2. The summed E-state index contributed by atoms with van der Waals surface area (Å²) in [4.78, 5) is 0. The summed E-state index contributed by atoms with van der Waals surface area (Å²) in [6.07, 6.45) is 0. The van der Waals surface area contributed by atoms with Gasteiger partial charge in [0.05, 0.1) is 6.04 Å². The van der Waals surface area contributed by atoms with Crippen LogP contribution in [0.1, 0.15) is 17.4 Å². The molecule has 1 heterocycles. The second-order valence-corrected chi connectivity index (χ2v) is 6.51. The molecule has 0 aliphatic carbocycles. The smallest absolute Gasteiger partial charge is 0.134 e. The molecule has 0 saturated carbocycles. The molecule has 0 bridgehead atoms. The van der Waals surface area contributed by atoms with E-state index < -0.39 is 0 Å². The second-order valence-electron chi connectivity index (χ2n) is 4.47. The minimum atomic E-state index is -0.355. The van der Waals surface area contributed by atoms with E-state index in [1.54, 1.807) is 6.07 Å². The Morgan fingerprint density at radius 1 is 1.00 bits per heavy atom. The minimum absolute atomic E-state index is 0.355. The molecule has 2 aromatic carbocycles. The van der Waals surface area contributed by atoms with Gasteiger partial charge in [-0.15, -0.1) is 0 Å². The zero-order valence-corrected chi connectivity index (χ0v) is 13.9. The standard InChI is InChI=1S/C15H10Cl2INO/c16-9-2-4-13-8(5-9)6-14(20-13)15(19)11-7-10(17)1-3-12(11)18/h1-7,15H,19H2. The highest BCUT2D eigenvalue weighted by Crippen LogP contribution is 2.31. The molecule has 3 rings (SSSR count). The van der Waals surface area contributed by atoms with Crippen molar-refractivity contribution in [1.29, 1.82) is 0 Å². The van der Waals surface area contributed by atoms with E-state index >= 15 is 0 Å². The lowest BCUT2D eigenvalue weighted by Gasteiger charge is -2.11. The van der Waals surface area contributed by atoms with Crippen LogP contribution in [0.25, 0.3) is 11.0 Å². The number of hydrogen-bond acceptors (Lipinski definition) is 2. The number of nitrogens with two attached hydrogens (primary N) is 1. The van der Waals surface area contributed by atoms with Crippen molar-refractivity contribution >= 4 is 56.8 Å². The van der Waals surface area contributed by atoms with Crippen LogP contribution < -0.4 is 5.73 Å². The van der Waals surface area contributed by atoms with E-state index in [2.05, 4.69) is 22.6 Å². The van der Waals surface area contributed by atoms with Gasteiger partial charge in [0.25, 0.3) is 0 Å². The molecule has 1 aromatic heterocycles. The first-order valence-corrected chi connectivity index (χ1v) is 7.77. The topological polar surface area (TPSA) is 39.2 Å². The van der Waals surface area contributed by atoms with Crippen molar-refractivity contribution in [2.24, 2.45) is 5.73 Å². The number of halogens is 3. The average Bonchev–Trinajstić information content (AvgIpc) is 2.83. The largest absolute Gasteiger partial charge is 0.459 e. The lowest BCUT2D eigenvalue weighted by Crippen LogP contribution is -2.12. The summed E-state index contributed by atoms with van der Waals surface area (Å²) in [5, 5.41) is 2.28. The fourth-order valence-corrected chi connectivity index (χ4v) is 3.13. The third-order valence-corrected chi connectivity index (χ3v) is 4.55. The predicted molar refractivity (Wildman–Crippen MR) is 91.4 cm³/mol. The number of benzene rings is 2. The van der Waals surface area contributed by atoms with Crippen molar-refractivity contribution in [1.82, 2.24) is 0 Å². The maximum Gasteiger partial charge on any atom is 0.134 e. The van der Waals surface area contributed by atoms with E-state index in [-0.39, 0.29) is 6.04 Å². The van der Waals surface area contributed by atoms with E-state index in [0.717, 1.165) is 20.1 Å². The molecule has 0 saturated heterocycles. The highest BCUT2D eigenvalue weighted by molar-refractivity contribution is 14.1. The molecular weight excluding hydrogens is 408 g/mol. The first-order valence-electron chi connectivity index (χ1n) is 5.94. The highest BCUT2D eigenvalue weighted by atomic mass is 127. The molecular formula is C15H10Cl2INO. The molecule has 0 fully saturated rings. The molecule has 1 atom stereocenters.